The molecule has 1 amide bonds. The maximum atomic E-state index is 13.4. The summed E-state index contributed by atoms with van der Waals surface area (Å²) in [7, 11) is 3.35. The summed E-state index contributed by atoms with van der Waals surface area (Å²) >= 11 is 0. The van der Waals surface area contributed by atoms with Crippen LogP contribution in [0.5, 0.6) is 0 Å². The molecule has 9 nitrogen and oxygen atoms in total. The Hall–Kier alpha value is -2.04. The molecular formula is C38H63NO8. The van der Waals surface area contributed by atoms with Gasteiger partial charge in [0.2, 0.25) is 5.91 Å². The molecule has 47 heavy (non-hydrogen) atoms. The first-order valence-corrected chi connectivity index (χ1v) is 18.0. The molecule has 3 N–H and O–H groups in total. The predicted molar refractivity (Wildman–Crippen MR) is 184 cm³/mol. The van der Waals surface area contributed by atoms with E-state index in [9.17, 15) is 19.8 Å². The van der Waals surface area contributed by atoms with Gasteiger partial charge in [-0.15, -0.1) is 0 Å². The van der Waals surface area contributed by atoms with Crippen molar-refractivity contribution < 1.29 is 38.7 Å². The van der Waals surface area contributed by atoms with Gasteiger partial charge in [0.15, 0.2) is 0 Å². The fourth-order valence-electron chi connectivity index (χ4n) is 8.51. The van der Waals surface area contributed by atoms with Crippen molar-refractivity contribution in [1.82, 2.24) is 0 Å². The highest BCUT2D eigenvalue weighted by atomic mass is 16.5. The smallest absolute Gasteiger partial charge is 0.340 e. The van der Waals surface area contributed by atoms with Crippen molar-refractivity contribution in [1.29, 1.82) is 0 Å². The third kappa shape index (κ3) is 8.77. The number of amides is 1. The van der Waals surface area contributed by atoms with Gasteiger partial charge in [0.05, 0.1) is 29.6 Å². The van der Waals surface area contributed by atoms with Crippen LogP contribution in [0.3, 0.4) is 0 Å². The second kappa shape index (κ2) is 18.1. The zero-order chi connectivity index (χ0) is 34.9. The number of rotatable bonds is 17. The lowest BCUT2D eigenvalue weighted by Gasteiger charge is -2.43. The number of carbonyl (C=O) groups excluding carboxylic acids is 2. The number of aliphatic hydroxyl groups excluding tert-OH is 1. The average Bonchev–Trinajstić information content (AvgIpc) is 3.31. The van der Waals surface area contributed by atoms with Crippen molar-refractivity contribution in [3.05, 3.63) is 29.8 Å². The molecule has 2 fully saturated rings. The van der Waals surface area contributed by atoms with Crippen LogP contribution in [0.2, 0.25) is 0 Å². The number of anilines is 1. The van der Waals surface area contributed by atoms with Gasteiger partial charge in [0, 0.05) is 39.3 Å². The summed E-state index contributed by atoms with van der Waals surface area (Å²) in [4.78, 5) is 26.4. The van der Waals surface area contributed by atoms with E-state index < -0.39 is 29.9 Å². The second-order valence-corrected chi connectivity index (χ2v) is 14.3. The van der Waals surface area contributed by atoms with E-state index in [4.69, 9.17) is 18.9 Å². The highest BCUT2D eigenvalue weighted by Crippen LogP contribution is 2.54. The molecule has 1 saturated heterocycles. The molecule has 1 saturated carbocycles. The molecule has 1 aliphatic carbocycles. The Bertz CT molecular complexity index is 1120. The number of carbonyl (C=O) groups is 2. The van der Waals surface area contributed by atoms with Crippen LogP contribution in [0.15, 0.2) is 24.3 Å². The molecule has 1 heterocycles. The van der Waals surface area contributed by atoms with Gasteiger partial charge in [-0.25, -0.2) is 4.79 Å². The SMILES string of the molecule is CCC[C@H](CC(C)[C@H](C)OC(=O)c1ccccc1NC(=O)C1CCOCC1)[C@H](O)[C@]1(O)C(C)C([C@H](C)CC)[C@H]([C@@H](CC)OC)[C@@H]1OC. The van der Waals surface area contributed by atoms with Crippen molar-refractivity contribution in [2.75, 3.05) is 32.8 Å². The standard InChI is InChI=1S/C38H63NO8/c1-10-15-28(34(40)38(43)25(6)32(23(4)11-2)33(35(38)45-9)31(12-3)44-8)22-24(5)26(7)47-37(42)29-16-13-14-17-30(29)39-36(41)27-18-20-46-21-19-27/h13-14,16-17,23-28,31-35,40,43H,10-12,15,18-22H2,1-9H3,(H,39,41)/t23-,24?,25?,26+,28-,31-,32?,33+,34+,35+,38-/m1/s1. The van der Waals surface area contributed by atoms with Crippen molar-refractivity contribution in [3.63, 3.8) is 0 Å². The lowest BCUT2D eigenvalue weighted by Crippen LogP contribution is -2.58. The highest BCUT2D eigenvalue weighted by Gasteiger charge is 2.64. The molecule has 268 valence electrons. The molecule has 0 spiro atoms. The minimum Gasteiger partial charge on any atom is -0.459 e. The number of hydrogen-bond donors (Lipinski definition) is 3. The van der Waals surface area contributed by atoms with Crippen LogP contribution in [0.25, 0.3) is 0 Å². The van der Waals surface area contributed by atoms with E-state index in [1.165, 1.54) is 0 Å². The fraction of sp³-hybridized carbons (Fsp3) is 0.789. The number of aliphatic hydroxyl groups is 2. The van der Waals surface area contributed by atoms with Crippen LogP contribution in [0.1, 0.15) is 104 Å². The third-order valence-electron chi connectivity index (χ3n) is 11.6. The highest BCUT2D eigenvalue weighted by molar-refractivity contribution is 6.01. The number of benzene rings is 1. The molecular weight excluding hydrogens is 598 g/mol. The summed E-state index contributed by atoms with van der Waals surface area (Å²) in [6, 6.07) is 6.92. The van der Waals surface area contributed by atoms with Crippen molar-refractivity contribution in [2.45, 2.75) is 123 Å². The first kappa shape index (κ1) is 39.4. The number of ether oxygens (including phenoxy) is 4. The van der Waals surface area contributed by atoms with Gasteiger partial charge in [0.1, 0.15) is 11.7 Å². The first-order chi connectivity index (χ1) is 22.4. The summed E-state index contributed by atoms with van der Waals surface area (Å²) in [5, 5.41) is 27.7. The minimum atomic E-state index is -1.47. The number of hydrogen-bond acceptors (Lipinski definition) is 8. The molecule has 9 heteroatoms. The number of esters is 1. The fourth-order valence-corrected chi connectivity index (χ4v) is 8.51. The molecule has 1 aromatic carbocycles. The van der Waals surface area contributed by atoms with E-state index in [0.29, 0.717) is 56.1 Å². The Balaban J connectivity index is 1.78. The van der Waals surface area contributed by atoms with Gasteiger partial charge >= 0.3 is 5.97 Å². The van der Waals surface area contributed by atoms with Gasteiger partial charge in [-0.2, -0.15) is 0 Å². The van der Waals surface area contributed by atoms with E-state index >= 15 is 0 Å². The first-order valence-electron chi connectivity index (χ1n) is 18.0. The van der Waals surface area contributed by atoms with E-state index in [1.54, 1.807) is 38.5 Å². The molecule has 3 unspecified atom stereocenters. The maximum absolute atomic E-state index is 13.4. The molecule has 0 bridgehead atoms. The van der Waals surface area contributed by atoms with E-state index in [1.807, 2.05) is 13.8 Å². The van der Waals surface area contributed by atoms with E-state index in [2.05, 4.69) is 39.9 Å². The Morgan fingerprint density at radius 2 is 1.70 bits per heavy atom. The second-order valence-electron chi connectivity index (χ2n) is 14.3. The summed E-state index contributed by atoms with van der Waals surface area (Å²) in [5.74, 6) is -0.991. The quantitative estimate of drug-likeness (QED) is 0.162. The van der Waals surface area contributed by atoms with Gasteiger partial charge in [-0.1, -0.05) is 66.5 Å². The zero-order valence-corrected chi connectivity index (χ0v) is 30.4. The Morgan fingerprint density at radius 3 is 2.28 bits per heavy atom. The lowest BCUT2D eigenvalue weighted by molar-refractivity contribution is -0.190. The van der Waals surface area contributed by atoms with Crippen LogP contribution >= 0.6 is 0 Å². The molecule has 1 aliphatic heterocycles. The van der Waals surface area contributed by atoms with Crippen LogP contribution in [-0.4, -0.2) is 79.5 Å². The number of methoxy groups -OCH3 is 2. The predicted octanol–water partition coefficient (Wildman–Crippen LogP) is 6.50. The zero-order valence-electron chi connectivity index (χ0n) is 30.4. The van der Waals surface area contributed by atoms with Crippen molar-refractivity contribution in [3.8, 4) is 0 Å². The molecule has 0 aromatic heterocycles. The summed E-state index contributed by atoms with van der Waals surface area (Å²) < 4.78 is 23.4. The Labute approximate surface area is 283 Å². The van der Waals surface area contributed by atoms with Crippen LogP contribution < -0.4 is 5.32 Å². The van der Waals surface area contributed by atoms with Crippen LogP contribution in [0.4, 0.5) is 5.69 Å². The lowest BCUT2D eigenvalue weighted by atomic mass is 9.71. The molecule has 1 aromatic rings. The largest absolute Gasteiger partial charge is 0.459 e. The van der Waals surface area contributed by atoms with Gasteiger partial charge < -0.3 is 34.5 Å². The van der Waals surface area contributed by atoms with Gasteiger partial charge in [0.25, 0.3) is 0 Å². The number of nitrogens with one attached hydrogen (secondary N) is 1. The average molecular weight is 662 g/mol. The normalized spacial score (nSPS) is 29.0. The van der Waals surface area contributed by atoms with Crippen LogP contribution in [-0.2, 0) is 23.7 Å². The molecule has 3 rings (SSSR count). The van der Waals surface area contributed by atoms with Gasteiger partial charge in [-0.05, 0) is 80.8 Å². The third-order valence-corrected chi connectivity index (χ3v) is 11.6. The summed E-state index contributed by atoms with van der Waals surface area (Å²) in [6.45, 7) is 15.6. The number of para-hydroxylation sites is 1. The Kier molecular flexibility index (Phi) is 15.2. The summed E-state index contributed by atoms with van der Waals surface area (Å²) in [6.07, 6.45) is 2.93. The van der Waals surface area contributed by atoms with E-state index in [-0.39, 0.29) is 47.5 Å². The molecule has 2 aliphatic rings. The van der Waals surface area contributed by atoms with Crippen LogP contribution in [0, 0.1) is 41.4 Å². The van der Waals surface area contributed by atoms with Crippen molar-refractivity contribution >= 4 is 17.6 Å². The molecule has 11 atom stereocenters. The summed E-state index contributed by atoms with van der Waals surface area (Å²) in [5.41, 5.74) is -0.733. The Morgan fingerprint density at radius 1 is 1.04 bits per heavy atom. The minimum absolute atomic E-state index is 0.0637. The molecule has 0 radical (unpaired) electrons. The topological polar surface area (TPSA) is 124 Å². The van der Waals surface area contributed by atoms with E-state index in [0.717, 1.165) is 19.3 Å². The monoisotopic (exact) mass is 661 g/mol. The van der Waals surface area contributed by atoms with Gasteiger partial charge in [-0.3, -0.25) is 4.79 Å². The van der Waals surface area contributed by atoms with Crippen molar-refractivity contribution in [2.24, 2.45) is 41.4 Å². The maximum Gasteiger partial charge on any atom is 0.340 e.